The minimum absolute atomic E-state index is 0.0286. The van der Waals surface area contributed by atoms with Crippen LogP contribution in [0, 0.1) is 18.8 Å². The number of amides is 2. The molecule has 1 aliphatic heterocycles. The molecular weight excluding hydrogens is 356 g/mol. The first-order chi connectivity index (χ1) is 13.5. The Hall–Kier alpha value is -2.24. The van der Waals surface area contributed by atoms with Crippen LogP contribution in [0.3, 0.4) is 0 Å². The van der Waals surface area contributed by atoms with Crippen molar-refractivity contribution in [2.45, 2.75) is 65.0 Å². The summed E-state index contributed by atoms with van der Waals surface area (Å²) in [6, 6.07) is 5.30. The minimum Gasteiger partial charge on any atom is -0.508 e. The third-order valence-electron chi connectivity index (χ3n) is 6.18. The molecule has 1 saturated carbocycles. The van der Waals surface area contributed by atoms with Gasteiger partial charge in [0, 0.05) is 19.6 Å². The number of benzene rings is 1. The van der Waals surface area contributed by atoms with Crippen LogP contribution in [0.4, 0.5) is 4.79 Å². The number of phenolic OH excluding ortho intramolecular Hbond substituents is 1. The van der Waals surface area contributed by atoms with Gasteiger partial charge >= 0.3 is 6.09 Å². The number of hydrogen-bond acceptors (Lipinski definition) is 4. The maximum Gasteiger partial charge on any atom is 0.410 e. The van der Waals surface area contributed by atoms with Crippen molar-refractivity contribution in [3.05, 3.63) is 29.3 Å². The van der Waals surface area contributed by atoms with E-state index in [-0.39, 0.29) is 29.8 Å². The lowest BCUT2D eigenvalue weighted by molar-refractivity contribution is -0.124. The van der Waals surface area contributed by atoms with Gasteiger partial charge in [0.05, 0.1) is 5.92 Å². The molecule has 28 heavy (non-hydrogen) atoms. The highest BCUT2D eigenvalue weighted by Crippen LogP contribution is 2.29. The average Bonchev–Trinajstić information content (AvgIpc) is 3.20. The van der Waals surface area contributed by atoms with E-state index >= 15 is 0 Å². The van der Waals surface area contributed by atoms with Gasteiger partial charge in [-0.25, -0.2) is 4.79 Å². The maximum atomic E-state index is 12.5. The number of rotatable bonds is 5. The number of ether oxygens (including phenoxy) is 1. The Balaban J connectivity index is 1.42. The smallest absolute Gasteiger partial charge is 0.410 e. The zero-order valence-electron chi connectivity index (χ0n) is 16.9. The van der Waals surface area contributed by atoms with Crippen LogP contribution in [0.1, 0.15) is 56.6 Å². The maximum absolute atomic E-state index is 12.5. The number of nitrogens with one attached hydrogen (secondary N) is 1. The van der Waals surface area contributed by atoms with E-state index < -0.39 is 0 Å². The fraction of sp³-hybridized carbons (Fsp3) is 0.636. The van der Waals surface area contributed by atoms with Gasteiger partial charge in [0.25, 0.3) is 0 Å². The monoisotopic (exact) mass is 388 g/mol. The summed E-state index contributed by atoms with van der Waals surface area (Å²) in [7, 11) is 0. The van der Waals surface area contributed by atoms with Gasteiger partial charge in [-0.2, -0.15) is 0 Å². The summed E-state index contributed by atoms with van der Waals surface area (Å²) in [5.74, 6) is 0.793. The second-order valence-electron chi connectivity index (χ2n) is 8.20. The van der Waals surface area contributed by atoms with Crippen molar-refractivity contribution in [2.75, 3.05) is 13.1 Å². The first kappa shape index (κ1) is 20.5. The zero-order valence-corrected chi connectivity index (χ0v) is 16.9. The van der Waals surface area contributed by atoms with Crippen LogP contribution in [0.2, 0.25) is 0 Å². The van der Waals surface area contributed by atoms with Crippen molar-refractivity contribution in [3.8, 4) is 5.75 Å². The molecule has 0 bridgehead atoms. The molecule has 1 aromatic carbocycles. The molecule has 2 fully saturated rings. The van der Waals surface area contributed by atoms with Crippen LogP contribution >= 0.6 is 0 Å². The molecule has 0 spiro atoms. The normalized spacial score (nSPS) is 24.8. The van der Waals surface area contributed by atoms with Crippen molar-refractivity contribution in [1.29, 1.82) is 0 Å². The Bertz CT molecular complexity index is 698. The topological polar surface area (TPSA) is 78.9 Å². The van der Waals surface area contributed by atoms with Crippen LogP contribution in [-0.2, 0) is 16.1 Å². The first-order valence-corrected chi connectivity index (χ1v) is 10.5. The van der Waals surface area contributed by atoms with Gasteiger partial charge in [0.2, 0.25) is 5.91 Å². The number of phenols is 1. The summed E-state index contributed by atoms with van der Waals surface area (Å²) in [5.41, 5.74) is 1.73. The second-order valence-corrected chi connectivity index (χ2v) is 8.20. The molecule has 0 unspecified atom stereocenters. The molecule has 2 aliphatic rings. The molecule has 2 N–H and O–H groups in total. The molecule has 3 rings (SSSR count). The Kier molecular flexibility index (Phi) is 6.81. The number of nitrogens with zero attached hydrogens (tertiary/aromatic N) is 1. The van der Waals surface area contributed by atoms with Gasteiger partial charge in [-0.15, -0.1) is 0 Å². The molecule has 1 atom stereocenters. The number of carbonyl (C=O) groups is 2. The van der Waals surface area contributed by atoms with Crippen LogP contribution in [0.25, 0.3) is 0 Å². The molecule has 1 aromatic rings. The average molecular weight is 389 g/mol. The lowest BCUT2D eigenvalue weighted by Gasteiger charge is -2.29. The number of aryl methyl sites for hydroxylation is 1. The number of carbonyl (C=O) groups excluding carboxylic acids is 2. The minimum atomic E-state index is -0.274. The Morgan fingerprint density at radius 3 is 2.64 bits per heavy atom. The fourth-order valence-corrected chi connectivity index (χ4v) is 4.18. The summed E-state index contributed by atoms with van der Waals surface area (Å²) in [6.45, 7) is 5.45. The van der Waals surface area contributed by atoms with Gasteiger partial charge in [-0.05, 0) is 62.1 Å². The Morgan fingerprint density at radius 1 is 1.21 bits per heavy atom. The van der Waals surface area contributed by atoms with Gasteiger partial charge in [0.15, 0.2) is 0 Å². The van der Waals surface area contributed by atoms with Crippen molar-refractivity contribution in [3.63, 3.8) is 0 Å². The van der Waals surface area contributed by atoms with Crippen molar-refractivity contribution >= 4 is 12.0 Å². The first-order valence-electron chi connectivity index (χ1n) is 10.5. The van der Waals surface area contributed by atoms with Crippen molar-refractivity contribution in [2.24, 2.45) is 11.8 Å². The molecule has 0 aromatic heterocycles. The van der Waals surface area contributed by atoms with E-state index in [1.165, 1.54) is 6.42 Å². The zero-order chi connectivity index (χ0) is 20.1. The largest absolute Gasteiger partial charge is 0.508 e. The Morgan fingerprint density at radius 2 is 1.96 bits per heavy atom. The molecule has 2 amide bonds. The number of hydrogen-bond donors (Lipinski definition) is 2. The summed E-state index contributed by atoms with van der Waals surface area (Å²) in [6.07, 6.45) is 5.80. The second kappa shape index (κ2) is 9.30. The van der Waals surface area contributed by atoms with Crippen LogP contribution < -0.4 is 5.32 Å². The molecule has 154 valence electrons. The molecule has 6 heteroatoms. The highest BCUT2D eigenvalue weighted by molar-refractivity contribution is 5.80. The van der Waals surface area contributed by atoms with E-state index in [4.69, 9.17) is 4.74 Å². The lowest BCUT2D eigenvalue weighted by Crippen LogP contribution is -2.36. The highest BCUT2D eigenvalue weighted by atomic mass is 16.6. The van der Waals surface area contributed by atoms with Crippen LogP contribution in [0.15, 0.2) is 18.2 Å². The van der Waals surface area contributed by atoms with Gasteiger partial charge < -0.3 is 20.1 Å². The van der Waals surface area contributed by atoms with E-state index in [1.807, 2.05) is 13.0 Å². The van der Waals surface area contributed by atoms with Crippen LogP contribution in [-0.4, -0.2) is 41.2 Å². The summed E-state index contributed by atoms with van der Waals surface area (Å²) in [5, 5.41) is 12.5. The van der Waals surface area contributed by atoms with Crippen molar-refractivity contribution in [1.82, 2.24) is 10.2 Å². The van der Waals surface area contributed by atoms with E-state index in [0.29, 0.717) is 26.1 Å². The summed E-state index contributed by atoms with van der Waals surface area (Å²) < 4.78 is 5.68. The molecule has 1 aliphatic carbocycles. The highest BCUT2D eigenvalue weighted by Gasteiger charge is 2.33. The predicted octanol–water partition coefficient (Wildman–Crippen LogP) is 3.74. The molecule has 1 heterocycles. The molecule has 0 radical (unpaired) electrons. The lowest BCUT2D eigenvalue weighted by atomic mass is 9.86. The van der Waals surface area contributed by atoms with E-state index in [1.54, 1.807) is 17.0 Å². The SMILES string of the molecule is CC[C@H]1CC[C@@H](OC(=O)N2CC[C@H](C(=O)NCc3ccc(O)c(C)c3)C2)CC1. The summed E-state index contributed by atoms with van der Waals surface area (Å²) >= 11 is 0. The summed E-state index contributed by atoms with van der Waals surface area (Å²) in [4.78, 5) is 26.6. The predicted molar refractivity (Wildman–Crippen MR) is 107 cm³/mol. The number of aromatic hydroxyl groups is 1. The standard InChI is InChI=1S/C22H32N2O4/c1-3-16-4-7-19(8-5-16)28-22(27)24-11-10-18(14-24)21(26)23-13-17-6-9-20(25)15(2)12-17/h6,9,12,16,18-19,25H,3-5,7-8,10-11,13-14H2,1-2H3,(H,23,26)/t16-,18-,19+/m0/s1. The Labute approximate surface area is 167 Å². The molecule has 1 saturated heterocycles. The third kappa shape index (κ3) is 5.18. The fourth-order valence-electron chi connectivity index (χ4n) is 4.18. The molecule has 6 nitrogen and oxygen atoms in total. The van der Waals surface area contributed by atoms with E-state index in [9.17, 15) is 14.7 Å². The molecular formula is C22H32N2O4. The van der Waals surface area contributed by atoms with Gasteiger partial charge in [0.1, 0.15) is 11.9 Å². The van der Waals surface area contributed by atoms with Gasteiger partial charge in [-0.1, -0.05) is 25.5 Å². The van der Waals surface area contributed by atoms with Crippen molar-refractivity contribution < 1.29 is 19.4 Å². The third-order valence-corrected chi connectivity index (χ3v) is 6.18. The van der Waals surface area contributed by atoms with Crippen LogP contribution in [0.5, 0.6) is 5.75 Å². The van der Waals surface area contributed by atoms with Gasteiger partial charge in [-0.3, -0.25) is 4.79 Å². The van der Waals surface area contributed by atoms with E-state index in [2.05, 4.69) is 12.2 Å². The van der Waals surface area contributed by atoms with E-state index in [0.717, 1.165) is 42.7 Å². The number of likely N-dealkylation sites (tertiary alicyclic amines) is 1. The quantitative estimate of drug-likeness (QED) is 0.805.